The van der Waals surface area contributed by atoms with Gasteiger partial charge in [-0.25, -0.2) is 4.39 Å². The van der Waals surface area contributed by atoms with Crippen LogP contribution >= 0.6 is 11.6 Å². The van der Waals surface area contributed by atoms with Gasteiger partial charge in [0.15, 0.2) is 11.6 Å². The molecule has 1 saturated carbocycles. The molecule has 0 saturated heterocycles. The first kappa shape index (κ1) is 15.1. The van der Waals surface area contributed by atoms with Gasteiger partial charge < -0.3 is 10.1 Å². The fourth-order valence-corrected chi connectivity index (χ4v) is 3.12. The summed E-state index contributed by atoms with van der Waals surface area (Å²) in [6.45, 7) is 0.621. The van der Waals surface area contributed by atoms with Gasteiger partial charge in [-0.15, -0.1) is 11.6 Å². The quantitative estimate of drug-likeness (QED) is 0.848. The highest BCUT2D eigenvalue weighted by molar-refractivity contribution is 6.18. The lowest BCUT2D eigenvalue weighted by molar-refractivity contribution is 0.0944. The maximum Gasteiger partial charge on any atom is 0.251 e. The maximum atomic E-state index is 13.3. The van der Waals surface area contributed by atoms with Crippen molar-refractivity contribution in [1.82, 2.24) is 5.32 Å². The SMILES string of the molecule is COc1cc(C(=O)NCC2CCCC2CCl)ccc1F. The van der Waals surface area contributed by atoms with Crippen LogP contribution in [0.5, 0.6) is 5.75 Å². The van der Waals surface area contributed by atoms with Gasteiger partial charge in [0.2, 0.25) is 0 Å². The fraction of sp³-hybridized carbons (Fsp3) is 0.533. The molecule has 2 atom stereocenters. The van der Waals surface area contributed by atoms with Gasteiger partial charge in [-0.05, 0) is 42.9 Å². The Labute approximate surface area is 123 Å². The van der Waals surface area contributed by atoms with E-state index in [1.165, 1.54) is 31.7 Å². The van der Waals surface area contributed by atoms with Crippen LogP contribution in [0, 0.1) is 17.7 Å². The molecule has 110 valence electrons. The monoisotopic (exact) mass is 299 g/mol. The summed E-state index contributed by atoms with van der Waals surface area (Å²) in [6.07, 6.45) is 3.40. The number of halogens is 2. The van der Waals surface area contributed by atoms with E-state index in [1.54, 1.807) is 0 Å². The van der Waals surface area contributed by atoms with Crippen LogP contribution in [-0.4, -0.2) is 25.4 Å². The molecule has 5 heteroatoms. The Morgan fingerprint density at radius 1 is 1.45 bits per heavy atom. The molecule has 0 aliphatic heterocycles. The average molecular weight is 300 g/mol. The van der Waals surface area contributed by atoms with Crippen molar-refractivity contribution in [3.05, 3.63) is 29.6 Å². The fourth-order valence-electron chi connectivity index (χ4n) is 2.71. The minimum atomic E-state index is -0.470. The van der Waals surface area contributed by atoms with Crippen molar-refractivity contribution >= 4 is 17.5 Å². The first-order valence-electron chi connectivity index (χ1n) is 6.83. The molecule has 0 heterocycles. The number of methoxy groups -OCH3 is 1. The first-order chi connectivity index (χ1) is 9.65. The molecule has 20 heavy (non-hydrogen) atoms. The number of carbonyl (C=O) groups is 1. The highest BCUT2D eigenvalue weighted by Gasteiger charge is 2.26. The predicted octanol–water partition coefficient (Wildman–Crippen LogP) is 3.22. The van der Waals surface area contributed by atoms with Gasteiger partial charge in [-0.2, -0.15) is 0 Å². The molecule has 0 spiro atoms. The summed E-state index contributed by atoms with van der Waals surface area (Å²) in [5.41, 5.74) is 0.406. The molecule has 2 unspecified atom stereocenters. The summed E-state index contributed by atoms with van der Waals surface area (Å²) in [7, 11) is 1.38. The Morgan fingerprint density at radius 3 is 2.90 bits per heavy atom. The Morgan fingerprint density at radius 2 is 2.20 bits per heavy atom. The largest absolute Gasteiger partial charge is 0.494 e. The highest BCUT2D eigenvalue weighted by atomic mass is 35.5. The molecule has 3 nitrogen and oxygen atoms in total. The van der Waals surface area contributed by atoms with Gasteiger partial charge in [-0.1, -0.05) is 6.42 Å². The number of rotatable bonds is 5. The van der Waals surface area contributed by atoms with E-state index in [0.29, 0.717) is 29.8 Å². The van der Waals surface area contributed by atoms with Crippen LogP contribution in [0.15, 0.2) is 18.2 Å². The van der Waals surface area contributed by atoms with E-state index in [1.807, 2.05) is 0 Å². The average Bonchev–Trinajstić information content (AvgIpc) is 2.92. The number of carbonyl (C=O) groups excluding carboxylic acids is 1. The van der Waals surface area contributed by atoms with Crippen LogP contribution < -0.4 is 10.1 Å². The van der Waals surface area contributed by atoms with Gasteiger partial charge in [0, 0.05) is 18.0 Å². The van der Waals surface area contributed by atoms with Crippen LogP contribution in [0.2, 0.25) is 0 Å². The maximum absolute atomic E-state index is 13.3. The number of hydrogen-bond donors (Lipinski definition) is 1. The van der Waals surface area contributed by atoms with Crippen molar-refractivity contribution in [1.29, 1.82) is 0 Å². The number of ether oxygens (including phenoxy) is 1. The topological polar surface area (TPSA) is 38.3 Å². The Kier molecular flexibility index (Phi) is 5.24. The number of benzene rings is 1. The summed E-state index contributed by atoms with van der Waals surface area (Å²) in [6, 6.07) is 4.12. The zero-order chi connectivity index (χ0) is 14.5. The van der Waals surface area contributed by atoms with Crippen molar-refractivity contribution in [2.75, 3.05) is 19.5 Å². The molecule has 1 aliphatic rings. The van der Waals surface area contributed by atoms with Crippen LogP contribution in [0.25, 0.3) is 0 Å². The zero-order valence-corrected chi connectivity index (χ0v) is 12.3. The molecular formula is C15H19ClFNO2. The Hall–Kier alpha value is -1.29. The van der Waals surface area contributed by atoms with Gasteiger partial charge in [0.05, 0.1) is 7.11 Å². The third kappa shape index (κ3) is 3.42. The minimum absolute atomic E-state index is 0.0807. The van der Waals surface area contributed by atoms with Crippen LogP contribution in [0.4, 0.5) is 4.39 Å². The molecule has 0 radical (unpaired) electrons. The smallest absolute Gasteiger partial charge is 0.251 e. The van der Waals surface area contributed by atoms with Gasteiger partial charge >= 0.3 is 0 Å². The van der Waals surface area contributed by atoms with Crippen LogP contribution in [0.1, 0.15) is 29.6 Å². The second-order valence-corrected chi connectivity index (χ2v) is 5.47. The van der Waals surface area contributed by atoms with E-state index in [2.05, 4.69) is 5.32 Å². The van der Waals surface area contributed by atoms with Gasteiger partial charge in [0.1, 0.15) is 0 Å². The zero-order valence-electron chi connectivity index (χ0n) is 11.5. The molecule has 1 N–H and O–H groups in total. The lowest BCUT2D eigenvalue weighted by Gasteiger charge is -2.17. The van der Waals surface area contributed by atoms with E-state index in [-0.39, 0.29) is 11.7 Å². The van der Waals surface area contributed by atoms with Crippen LogP contribution in [0.3, 0.4) is 0 Å². The third-order valence-electron chi connectivity index (χ3n) is 3.95. The molecule has 1 amide bonds. The lowest BCUT2D eigenvalue weighted by atomic mass is 9.98. The summed E-state index contributed by atoms with van der Waals surface area (Å²) in [4.78, 5) is 12.1. The molecule has 0 aromatic heterocycles. The minimum Gasteiger partial charge on any atom is -0.494 e. The molecular weight excluding hydrogens is 281 g/mol. The number of hydrogen-bond acceptors (Lipinski definition) is 2. The number of alkyl halides is 1. The molecule has 1 aromatic rings. The number of nitrogens with one attached hydrogen (secondary N) is 1. The van der Waals surface area contributed by atoms with E-state index in [9.17, 15) is 9.18 Å². The van der Waals surface area contributed by atoms with Crippen molar-refractivity contribution in [3.8, 4) is 5.75 Å². The van der Waals surface area contributed by atoms with E-state index in [4.69, 9.17) is 16.3 Å². The predicted molar refractivity (Wildman–Crippen MR) is 76.8 cm³/mol. The molecule has 2 rings (SSSR count). The summed E-state index contributed by atoms with van der Waals surface area (Å²) in [5, 5.41) is 2.90. The van der Waals surface area contributed by atoms with Crippen molar-refractivity contribution < 1.29 is 13.9 Å². The Balaban J connectivity index is 1.95. The first-order valence-corrected chi connectivity index (χ1v) is 7.37. The molecule has 0 bridgehead atoms. The van der Waals surface area contributed by atoms with E-state index < -0.39 is 5.82 Å². The molecule has 1 fully saturated rings. The van der Waals surface area contributed by atoms with Gasteiger partial charge in [-0.3, -0.25) is 4.79 Å². The molecule has 1 aromatic carbocycles. The Bertz CT molecular complexity index is 481. The normalized spacial score (nSPS) is 21.8. The van der Waals surface area contributed by atoms with Crippen molar-refractivity contribution in [3.63, 3.8) is 0 Å². The standard InChI is InChI=1S/C15H19ClFNO2/c1-20-14-7-10(5-6-13(14)17)15(19)18-9-12-4-2-3-11(12)8-16/h5-7,11-12H,2-4,8-9H2,1H3,(H,18,19). The third-order valence-corrected chi connectivity index (χ3v) is 4.35. The summed E-state index contributed by atoms with van der Waals surface area (Å²) >= 11 is 5.92. The van der Waals surface area contributed by atoms with Crippen LogP contribution in [-0.2, 0) is 0 Å². The van der Waals surface area contributed by atoms with Crippen molar-refractivity contribution in [2.24, 2.45) is 11.8 Å². The lowest BCUT2D eigenvalue weighted by Crippen LogP contribution is -2.31. The number of amides is 1. The molecule has 1 aliphatic carbocycles. The summed E-state index contributed by atoms with van der Waals surface area (Å²) < 4.78 is 18.2. The second-order valence-electron chi connectivity index (χ2n) is 5.16. The highest BCUT2D eigenvalue weighted by Crippen LogP contribution is 2.32. The second kappa shape index (κ2) is 6.93. The van der Waals surface area contributed by atoms with Crippen molar-refractivity contribution in [2.45, 2.75) is 19.3 Å². The van der Waals surface area contributed by atoms with Gasteiger partial charge in [0.25, 0.3) is 5.91 Å². The summed E-state index contributed by atoms with van der Waals surface area (Å²) in [5.74, 6) is 0.978. The van der Waals surface area contributed by atoms with E-state index in [0.717, 1.165) is 12.8 Å². The van der Waals surface area contributed by atoms with E-state index >= 15 is 0 Å².